The van der Waals surface area contributed by atoms with Crippen molar-refractivity contribution in [1.29, 1.82) is 0 Å². The fourth-order valence-corrected chi connectivity index (χ4v) is 7.78. The van der Waals surface area contributed by atoms with Crippen molar-refractivity contribution in [3.8, 4) is 67.5 Å². The van der Waals surface area contributed by atoms with E-state index in [-0.39, 0.29) is 0 Å². The molecule has 8 rings (SSSR count). The molecule has 280 valence electrons. The van der Waals surface area contributed by atoms with E-state index in [9.17, 15) is 0 Å². The highest BCUT2D eigenvalue weighted by molar-refractivity contribution is 5.73. The molecule has 0 aliphatic carbocycles. The van der Waals surface area contributed by atoms with Gasteiger partial charge in [0.05, 0.1) is 33.9 Å². The third kappa shape index (κ3) is 7.38. The maximum Gasteiger partial charge on any atom is 0.118 e. The van der Waals surface area contributed by atoms with Crippen LogP contribution >= 0.6 is 0 Å². The number of benzene rings is 8. The zero-order chi connectivity index (χ0) is 39.2. The van der Waals surface area contributed by atoms with E-state index in [1.165, 1.54) is 0 Å². The van der Waals surface area contributed by atoms with Crippen molar-refractivity contribution in [2.45, 2.75) is 5.41 Å². The molecule has 0 N–H and O–H groups in total. The molecule has 57 heavy (non-hydrogen) atoms. The lowest BCUT2D eigenvalue weighted by atomic mass is 9.64. The van der Waals surface area contributed by atoms with E-state index in [0.29, 0.717) is 0 Å². The molecular formula is C53H44O4. The van der Waals surface area contributed by atoms with Crippen LogP contribution in [0.15, 0.2) is 194 Å². The van der Waals surface area contributed by atoms with Crippen molar-refractivity contribution >= 4 is 0 Å². The highest BCUT2D eigenvalue weighted by atomic mass is 16.5. The topological polar surface area (TPSA) is 36.9 Å². The monoisotopic (exact) mass is 744 g/mol. The van der Waals surface area contributed by atoms with Crippen molar-refractivity contribution in [2.24, 2.45) is 0 Å². The highest BCUT2D eigenvalue weighted by Crippen LogP contribution is 2.47. The Bertz CT molecular complexity index is 2150. The van der Waals surface area contributed by atoms with Crippen molar-refractivity contribution in [2.75, 3.05) is 28.4 Å². The minimum atomic E-state index is -0.673. The SMILES string of the molecule is COc1ccc(-c2ccc(C(c3ccc(-c4ccc(OC)cc4)cc3)(c3ccc(-c4ccc(OC)cc4)cc3)c3ccc(-c4ccc(OC)cc4)cc3)cc2)cc1. The van der Waals surface area contributed by atoms with Gasteiger partial charge in [0.2, 0.25) is 0 Å². The van der Waals surface area contributed by atoms with Gasteiger partial charge in [0.1, 0.15) is 23.0 Å². The Morgan fingerprint density at radius 2 is 0.351 bits per heavy atom. The number of methoxy groups -OCH3 is 4. The van der Waals surface area contributed by atoms with Crippen LogP contribution in [0.5, 0.6) is 23.0 Å². The molecule has 0 amide bonds. The lowest BCUT2D eigenvalue weighted by Gasteiger charge is -2.37. The molecule has 0 saturated heterocycles. The second-order valence-corrected chi connectivity index (χ2v) is 14.0. The molecule has 4 nitrogen and oxygen atoms in total. The summed E-state index contributed by atoms with van der Waals surface area (Å²) in [6, 6.07) is 69.0. The summed E-state index contributed by atoms with van der Waals surface area (Å²) >= 11 is 0. The Labute approximate surface area is 335 Å². The van der Waals surface area contributed by atoms with Gasteiger partial charge in [-0.3, -0.25) is 0 Å². The Kier molecular flexibility index (Phi) is 10.6. The van der Waals surface area contributed by atoms with Crippen LogP contribution in [0.25, 0.3) is 44.5 Å². The quantitative estimate of drug-likeness (QED) is 0.117. The summed E-state index contributed by atoms with van der Waals surface area (Å²) in [6.45, 7) is 0. The first-order chi connectivity index (χ1) is 28.0. The first-order valence-corrected chi connectivity index (χ1v) is 19.0. The van der Waals surface area contributed by atoms with E-state index >= 15 is 0 Å². The summed E-state index contributed by atoms with van der Waals surface area (Å²) in [4.78, 5) is 0. The predicted octanol–water partition coefficient (Wildman–Crippen LogP) is 12.8. The van der Waals surface area contributed by atoms with E-state index < -0.39 is 5.41 Å². The maximum atomic E-state index is 5.44. The fraction of sp³-hybridized carbons (Fsp3) is 0.0943. The first-order valence-electron chi connectivity index (χ1n) is 19.0. The molecule has 0 spiro atoms. The van der Waals surface area contributed by atoms with E-state index in [2.05, 4.69) is 146 Å². The Balaban J connectivity index is 1.31. The average Bonchev–Trinajstić information content (AvgIpc) is 3.30. The molecule has 4 heteroatoms. The lowest BCUT2D eigenvalue weighted by Crippen LogP contribution is -2.31. The molecule has 0 heterocycles. The molecule has 0 saturated carbocycles. The summed E-state index contributed by atoms with van der Waals surface area (Å²) in [5, 5.41) is 0. The van der Waals surface area contributed by atoms with Crippen molar-refractivity contribution < 1.29 is 18.9 Å². The van der Waals surface area contributed by atoms with E-state index in [1.807, 2.05) is 48.5 Å². The van der Waals surface area contributed by atoms with Crippen LogP contribution in [0.1, 0.15) is 22.3 Å². The van der Waals surface area contributed by atoms with Gasteiger partial charge >= 0.3 is 0 Å². The third-order valence-electron chi connectivity index (χ3n) is 11.0. The molecule has 0 fully saturated rings. The molecule has 8 aromatic carbocycles. The van der Waals surface area contributed by atoms with Gasteiger partial charge in [-0.25, -0.2) is 0 Å². The molecular weight excluding hydrogens is 701 g/mol. The van der Waals surface area contributed by atoms with Crippen LogP contribution in [0.3, 0.4) is 0 Å². The van der Waals surface area contributed by atoms with Gasteiger partial charge in [-0.1, -0.05) is 146 Å². The Morgan fingerprint density at radius 3 is 0.491 bits per heavy atom. The first kappa shape index (κ1) is 36.9. The number of hydrogen-bond acceptors (Lipinski definition) is 4. The van der Waals surface area contributed by atoms with Crippen LogP contribution < -0.4 is 18.9 Å². The molecule has 0 aliphatic heterocycles. The van der Waals surface area contributed by atoms with Crippen molar-refractivity contribution in [3.63, 3.8) is 0 Å². The third-order valence-corrected chi connectivity index (χ3v) is 11.0. The Hall–Kier alpha value is -7.04. The number of hydrogen-bond donors (Lipinski definition) is 0. The zero-order valence-electron chi connectivity index (χ0n) is 32.6. The second-order valence-electron chi connectivity index (χ2n) is 14.0. The van der Waals surface area contributed by atoms with Crippen LogP contribution in [0.2, 0.25) is 0 Å². The molecule has 0 atom stereocenters. The van der Waals surface area contributed by atoms with Gasteiger partial charge in [0.25, 0.3) is 0 Å². The summed E-state index contributed by atoms with van der Waals surface area (Å²) in [5.74, 6) is 3.35. The predicted molar refractivity (Wildman–Crippen MR) is 233 cm³/mol. The smallest absolute Gasteiger partial charge is 0.118 e. The molecule has 0 radical (unpaired) electrons. The van der Waals surface area contributed by atoms with Crippen LogP contribution in [0.4, 0.5) is 0 Å². The van der Waals surface area contributed by atoms with Crippen LogP contribution in [0, 0.1) is 0 Å². The largest absolute Gasteiger partial charge is 0.497 e. The summed E-state index contributed by atoms with van der Waals surface area (Å²) in [7, 11) is 6.78. The molecule has 0 bridgehead atoms. The normalized spacial score (nSPS) is 11.2. The van der Waals surface area contributed by atoms with Crippen molar-refractivity contribution in [1.82, 2.24) is 0 Å². The molecule has 0 unspecified atom stereocenters. The van der Waals surface area contributed by atoms with Crippen LogP contribution in [-0.2, 0) is 5.41 Å². The lowest BCUT2D eigenvalue weighted by molar-refractivity contribution is 0.415. The minimum absolute atomic E-state index is 0.673. The maximum absolute atomic E-state index is 5.44. The summed E-state index contributed by atoms with van der Waals surface area (Å²) < 4.78 is 21.8. The van der Waals surface area contributed by atoms with E-state index in [4.69, 9.17) is 18.9 Å². The number of ether oxygens (including phenoxy) is 4. The molecule has 0 aliphatic rings. The van der Waals surface area contributed by atoms with E-state index in [1.54, 1.807) is 28.4 Å². The highest BCUT2D eigenvalue weighted by Gasteiger charge is 2.38. The Morgan fingerprint density at radius 1 is 0.211 bits per heavy atom. The van der Waals surface area contributed by atoms with Gasteiger partial charge in [-0.2, -0.15) is 0 Å². The van der Waals surface area contributed by atoms with Gasteiger partial charge in [-0.15, -0.1) is 0 Å². The fourth-order valence-electron chi connectivity index (χ4n) is 7.78. The summed E-state index contributed by atoms with van der Waals surface area (Å²) in [6.07, 6.45) is 0. The number of rotatable bonds is 12. The summed E-state index contributed by atoms with van der Waals surface area (Å²) in [5.41, 5.74) is 13.0. The standard InChI is InChI=1S/C53H44O4/c1-54-49-29-13-41(14-30-49)37-5-21-45(22-6-37)53(46-23-7-38(8-24-46)42-15-31-50(55-2)32-16-42,47-25-9-39(10-26-47)43-17-33-51(56-3)34-18-43)48-27-11-40(12-28-48)44-19-35-52(57-4)36-20-44/h5-36H,1-4H3. The van der Waals surface area contributed by atoms with Crippen LogP contribution in [-0.4, -0.2) is 28.4 Å². The van der Waals surface area contributed by atoms with Crippen molar-refractivity contribution in [3.05, 3.63) is 216 Å². The van der Waals surface area contributed by atoms with Gasteiger partial charge in [-0.05, 0) is 115 Å². The van der Waals surface area contributed by atoms with Gasteiger partial charge in [0.15, 0.2) is 0 Å². The molecule has 0 aromatic heterocycles. The van der Waals surface area contributed by atoms with E-state index in [0.717, 1.165) is 89.8 Å². The van der Waals surface area contributed by atoms with Gasteiger partial charge < -0.3 is 18.9 Å². The van der Waals surface area contributed by atoms with Gasteiger partial charge in [0, 0.05) is 0 Å². The molecule has 8 aromatic rings. The average molecular weight is 745 g/mol. The minimum Gasteiger partial charge on any atom is -0.497 e. The second kappa shape index (κ2) is 16.4. The zero-order valence-corrected chi connectivity index (χ0v) is 32.6.